The van der Waals surface area contributed by atoms with Gasteiger partial charge in [0, 0.05) is 82.2 Å². The number of pyridine rings is 1. The van der Waals surface area contributed by atoms with E-state index in [1.54, 1.807) is 90.8 Å². The summed E-state index contributed by atoms with van der Waals surface area (Å²) in [4.78, 5) is 80.3. The number of aromatic hydroxyl groups is 5. The molecule has 0 radical (unpaired) electrons. The second-order valence-electron chi connectivity index (χ2n) is 28.5. The molecular weight excluding hydrogens is 1540 g/mol. The van der Waals surface area contributed by atoms with Gasteiger partial charge in [0.25, 0.3) is 0 Å². The minimum Gasteiger partial charge on any atom is -0.507 e. The maximum Gasteiger partial charge on any atom is 0.219 e. The molecule has 1 amide bonds. The lowest BCUT2D eigenvalue weighted by Gasteiger charge is -2.35. The van der Waals surface area contributed by atoms with Crippen LogP contribution in [0.2, 0.25) is 0 Å². The molecule has 120 heavy (non-hydrogen) atoms. The van der Waals surface area contributed by atoms with Gasteiger partial charge < -0.3 is 78.3 Å². The molecule has 4 saturated heterocycles. The monoisotopic (exact) mass is 1640 g/mol. The molecule has 1 unspecified atom stereocenters. The first kappa shape index (κ1) is 86.9. The van der Waals surface area contributed by atoms with Crippen molar-refractivity contribution in [2.45, 2.75) is 76.2 Å². The van der Waals surface area contributed by atoms with Crippen molar-refractivity contribution in [3.05, 3.63) is 269 Å². The standard InChI is InChI=1S/C20H19F2NO4.2C19H21NO4.C18H19NO3.C17H15N3O3/c1-12(25)23-8-13(11-27-20-4-2-3-19(26)17(20)10-24)16(9-23)15-7-14(21)5-6-18(15)22;1-23-19-9-3-2-7-16(19)20-11-5-6-14(20)13-24-18-10-4-8-17(22)15(18)12-21;1-23-19-9-3-2-7-16(19)20-11-5-6-14(12-20)24-18-10-4-8-17(22)15(18)13-21;20-12-16-17(21)9-4-10-18(16)22-13-15-8-5-11-19(15)14-6-2-1-3-7-14;1-20-14(7-9-19-20)17-12(4-3-8-18-17)11-23-16-6-2-5-15(22)13(16)10-21/h2-7,10,13,16,26H,8-9,11H2,1H3;2-4,7-10,12,14,22H,5-6,11,13H2,1H3;2-4,7-10,13-14,22H,5-6,11-12H2,1H3;1-4,6-7,9-10,12,15,21H,5,8,11,13H2;2-10,22H,11H2,1H3/t13-,16+;14-;;15-;/m00.1./s1. The van der Waals surface area contributed by atoms with Crippen molar-refractivity contribution in [1.29, 1.82) is 0 Å². The number of amides is 1. The number of carbonyl (C=O) groups excluding carboxylic acids is 6. The van der Waals surface area contributed by atoms with Crippen LogP contribution in [0.15, 0.2) is 219 Å². The Hall–Kier alpha value is -14.0. The normalized spacial score (nSPS) is 16.4. The molecule has 4 fully saturated rings. The van der Waals surface area contributed by atoms with Crippen LogP contribution in [0.1, 0.15) is 114 Å². The number of carbonyl (C=O) groups is 6. The minimum atomic E-state index is -0.552. The van der Waals surface area contributed by atoms with Crippen LogP contribution in [0.25, 0.3) is 11.4 Å². The van der Waals surface area contributed by atoms with Gasteiger partial charge in [0.05, 0.1) is 90.0 Å². The Kier molecular flexibility index (Phi) is 31.0. The number of halogens is 2. The van der Waals surface area contributed by atoms with E-state index in [0.717, 1.165) is 116 Å². The largest absolute Gasteiger partial charge is 0.507 e. The molecule has 11 aromatic rings. The summed E-state index contributed by atoms with van der Waals surface area (Å²) in [6.07, 6.45) is 12.5. The SMILES string of the molecule is CC(=O)N1C[C@@H](COc2cccc(O)c2C=O)[C@H](c2cc(F)ccc2F)C1.COc1ccccc1N1CCCC(Oc2cccc(O)c2C=O)C1.COc1ccccc1N1CCC[C@H]1COc1cccc(O)c1C=O.Cn1nccc1-c1ncccc1COc1cccc(O)c1C=O.O=Cc1c(O)cccc1OC[C@H]1CCCN1c1ccccc1. The fourth-order valence-corrected chi connectivity index (χ4v) is 14.9. The van der Waals surface area contributed by atoms with E-state index in [9.17, 15) is 63.1 Å². The summed E-state index contributed by atoms with van der Waals surface area (Å²) in [5.74, 6) is 1.04. The fraction of sp³-hybridized carbons (Fsp3) is 0.269. The van der Waals surface area contributed by atoms with Gasteiger partial charge in [-0.2, -0.15) is 5.10 Å². The molecular formula is C93H95F2N7O18. The molecule has 15 rings (SSSR count). The molecule has 27 heteroatoms. The van der Waals surface area contributed by atoms with E-state index >= 15 is 0 Å². The number of anilines is 3. The van der Waals surface area contributed by atoms with Crippen LogP contribution in [0.4, 0.5) is 25.8 Å². The molecule has 4 aliphatic heterocycles. The Morgan fingerprint density at radius 1 is 0.475 bits per heavy atom. The van der Waals surface area contributed by atoms with E-state index in [1.165, 1.54) is 49.0 Å². The number of benzene rings is 9. The first-order valence-electron chi connectivity index (χ1n) is 39.1. The van der Waals surface area contributed by atoms with E-state index in [0.29, 0.717) is 80.7 Å². The van der Waals surface area contributed by atoms with Gasteiger partial charge in [-0.1, -0.05) is 78.9 Å². The molecule has 6 heterocycles. The van der Waals surface area contributed by atoms with E-state index in [4.69, 9.17) is 33.2 Å². The maximum atomic E-state index is 14.3. The number of hydrogen-bond acceptors (Lipinski definition) is 23. The third-order valence-corrected chi connectivity index (χ3v) is 21.0. The molecule has 4 aliphatic rings. The average Bonchev–Trinajstić information content (AvgIpc) is 1.66. The highest BCUT2D eigenvalue weighted by Crippen LogP contribution is 2.40. The number of nitrogens with zero attached hydrogens (tertiary/aromatic N) is 7. The third kappa shape index (κ3) is 22.0. The summed E-state index contributed by atoms with van der Waals surface area (Å²) in [5.41, 5.74) is 6.74. The minimum absolute atomic E-state index is 0.0207. The van der Waals surface area contributed by atoms with Gasteiger partial charge in [0.15, 0.2) is 31.4 Å². The van der Waals surface area contributed by atoms with Crippen LogP contribution in [0, 0.1) is 17.6 Å². The molecule has 0 spiro atoms. The molecule has 2 aromatic heterocycles. The number of piperidine rings is 1. The number of para-hydroxylation sites is 5. The summed E-state index contributed by atoms with van der Waals surface area (Å²) in [6.45, 7) is 6.83. The average molecular weight is 1640 g/mol. The first-order chi connectivity index (χ1) is 58.4. The smallest absolute Gasteiger partial charge is 0.219 e. The third-order valence-electron chi connectivity index (χ3n) is 21.0. The maximum absolute atomic E-state index is 14.3. The van der Waals surface area contributed by atoms with Gasteiger partial charge in [0.2, 0.25) is 5.91 Å². The molecule has 5 atom stereocenters. The first-order valence-corrected chi connectivity index (χ1v) is 39.1. The van der Waals surface area contributed by atoms with Crippen LogP contribution in [-0.2, 0) is 18.4 Å². The Bertz CT molecular complexity index is 5290. The summed E-state index contributed by atoms with van der Waals surface area (Å²) in [6, 6.07) is 59.2. The zero-order chi connectivity index (χ0) is 85.0. The lowest BCUT2D eigenvalue weighted by Crippen LogP contribution is -2.41. The van der Waals surface area contributed by atoms with Crippen molar-refractivity contribution in [1.82, 2.24) is 19.7 Å². The number of phenolic OH excluding ortho intramolecular Hbond substituents is 5. The van der Waals surface area contributed by atoms with Gasteiger partial charge in [-0.15, -0.1) is 0 Å². The van der Waals surface area contributed by atoms with Crippen molar-refractivity contribution in [2.75, 3.05) is 88.0 Å². The van der Waals surface area contributed by atoms with Crippen LogP contribution in [0.3, 0.4) is 0 Å². The molecule has 9 aromatic carbocycles. The number of aromatic nitrogens is 3. The van der Waals surface area contributed by atoms with Crippen LogP contribution >= 0.6 is 0 Å². The zero-order valence-corrected chi connectivity index (χ0v) is 66.8. The van der Waals surface area contributed by atoms with E-state index in [2.05, 4.69) is 36.9 Å². The number of phenols is 5. The fourth-order valence-electron chi connectivity index (χ4n) is 14.9. The van der Waals surface area contributed by atoms with E-state index < -0.39 is 17.6 Å². The summed E-state index contributed by atoms with van der Waals surface area (Å²) in [5, 5.41) is 52.8. The second kappa shape index (κ2) is 42.8. The predicted octanol–water partition coefficient (Wildman–Crippen LogP) is 15.5. The number of methoxy groups -OCH3 is 2. The number of rotatable bonds is 26. The number of hydrogen-bond donors (Lipinski definition) is 5. The Labute approximate surface area is 693 Å². The number of likely N-dealkylation sites (tertiary alicyclic amines) is 1. The van der Waals surface area contributed by atoms with Gasteiger partial charge in [0.1, 0.15) is 107 Å². The predicted molar refractivity (Wildman–Crippen MR) is 449 cm³/mol. The second-order valence-corrected chi connectivity index (χ2v) is 28.5. The lowest BCUT2D eigenvalue weighted by molar-refractivity contribution is -0.128. The quantitative estimate of drug-likeness (QED) is 0.0315. The molecule has 0 bridgehead atoms. The highest BCUT2D eigenvalue weighted by molar-refractivity contribution is 5.86. The van der Waals surface area contributed by atoms with E-state index in [1.807, 2.05) is 92.0 Å². The zero-order valence-electron chi connectivity index (χ0n) is 66.8. The van der Waals surface area contributed by atoms with Crippen LogP contribution in [-0.4, -0.2) is 174 Å². The number of ether oxygens (including phenoxy) is 7. The molecule has 0 aliphatic carbocycles. The van der Waals surface area contributed by atoms with Crippen molar-refractivity contribution >= 4 is 54.4 Å². The van der Waals surface area contributed by atoms with Crippen molar-refractivity contribution in [2.24, 2.45) is 13.0 Å². The van der Waals surface area contributed by atoms with Crippen LogP contribution < -0.4 is 47.9 Å². The number of aldehydes is 5. The molecule has 0 saturated carbocycles. The topological polar surface area (TPSA) is 312 Å². The summed E-state index contributed by atoms with van der Waals surface area (Å²) < 4.78 is 69.6. The van der Waals surface area contributed by atoms with Crippen molar-refractivity contribution < 1.29 is 96.2 Å². The van der Waals surface area contributed by atoms with Crippen LogP contribution in [0.5, 0.6) is 69.0 Å². The lowest BCUT2D eigenvalue weighted by atomic mass is 9.89. The number of aryl methyl sites for hydroxylation is 1. The van der Waals surface area contributed by atoms with Crippen molar-refractivity contribution in [3.63, 3.8) is 0 Å². The Morgan fingerprint density at radius 2 is 0.950 bits per heavy atom. The molecule has 25 nitrogen and oxygen atoms in total. The van der Waals surface area contributed by atoms with Crippen molar-refractivity contribution in [3.8, 4) is 80.4 Å². The molecule has 624 valence electrons. The highest BCUT2D eigenvalue weighted by Gasteiger charge is 2.38. The van der Waals surface area contributed by atoms with Gasteiger partial charge in [-0.3, -0.25) is 38.4 Å². The molecule has 5 N–H and O–H groups in total. The van der Waals surface area contributed by atoms with Gasteiger partial charge >= 0.3 is 0 Å². The van der Waals surface area contributed by atoms with Gasteiger partial charge in [-0.05, 0) is 171 Å². The summed E-state index contributed by atoms with van der Waals surface area (Å²) >= 11 is 0. The summed E-state index contributed by atoms with van der Waals surface area (Å²) in [7, 11) is 5.18. The highest BCUT2D eigenvalue weighted by atomic mass is 19.1. The Balaban J connectivity index is 0.000000147. The van der Waals surface area contributed by atoms with E-state index in [-0.39, 0.29) is 118 Å². The Morgan fingerprint density at radius 3 is 1.48 bits per heavy atom. The van der Waals surface area contributed by atoms with Gasteiger partial charge in [-0.25, -0.2) is 8.78 Å².